The lowest BCUT2D eigenvalue weighted by atomic mass is 9.97. The maximum Gasteiger partial charge on any atom is 0.374 e. The summed E-state index contributed by atoms with van der Waals surface area (Å²) in [7, 11) is -3.98. The van der Waals surface area contributed by atoms with Crippen LogP contribution in [0.5, 0.6) is 0 Å². The van der Waals surface area contributed by atoms with Crippen LogP contribution in [0, 0.1) is 5.92 Å². The number of nitrogens with zero attached hydrogens (tertiary/aromatic N) is 3. The van der Waals surface area contributed by atoms with Crippen LogP contribution < -0.4 is 5.32 Å². The zero-order valence-corrected chi connectivity index (χ0v) is 17.3. The van der Waals surface area contributed by atoms with Crippen molar-refractivity contribution in [3.63, 3.8) is 0 Å². The van der Waals surface area contributed by atoms with Gasteiger partial charge in [0.05, 0.1) is 6.61 Å². The minimum atomic E-state index is -3.98. The van der Waals surface area contributed by atoms with Crippen molar-refractivity contribution in [2.24, 2.45) is 5.92 Å². The monoisotopic (exact) mass is 464 g/mol. The normalized spacial score (nSPS) is 16.0. The summed E-state index contributed by atoms with van der Waals surface area (Å²) in [5.74, 6) is -1.93. The van der Waals surface area contributed by atoms with Crippen molar-refractivity contribution >= 4 is 38.4 Å². The first-order valence-corrected chi connectivity index (χ1v) is 11.2. The lowest BCUT2D eigenvalue weighted by molar-refractivity contribution is -0.120. The number of anilines is 1. The Labute approximate surface area is 174 Å². The molecule has 3 rings (SSSR count). The van der Waals surface area contributed by atoms with E-state index < -0.39 is 39.3 Å². The molecule has 0 aromatic carbocycles. The number of ether oxygens (including phenoxy) is 1. The van der Waals surface area contributed by atoms with Gasteiger partial charge in [0.15, 0.2) is 5.01 Å². The van der Waals surface area contributed by atoms with Gasteiger partial charge in [0.1, 0.15) is 0 Å². The van der Waals surface area contributed by atoms with Gasteiger partial charge < -0.3 is 14.5 Å². The Hall–Kier alpha value is -2.45. The van der Waals surface area contributed by atoms with E-state index >= 15 is 0 Å². The standard InChI is InChI=1S/C16H18F2N4O6S2/c1-2-27-15(24)10-3-4-11(28-10)30(25,26)22-7-5-9(6-8-22)13(23)19-16-21-20-14(29-16)12(17)18/h3-4,9,12H,2,5-8H2,1H3,(H,19,21,23). The van der Waals surface area contributed by atoms with Gasteiger partial charge in [-0.1, -0.05) is 11.3 Å². The van der Waals surface area contributed by atoms with E-state index in [1.54, 1.807) is 6.92 Å². The Kier molecular flexibility index (Phi) is 6.77. The molecule has 1 aliphatic heterocycles. The Morgan fingerprint density at radius 2 is 2.03 bits per heavy atom. The Morgan fingerprint density at radius 1 is 1.33 bits per heavy atom. The smallest absolute Gasteiger partial charge is 0.374 e. The van der Waals surface area contributed by atoms with Crippen LogP contribution in [0.25, 0.3) is 0 Å². The molecule has 1 aliphatic rings. The number of furan rings is 1. The van der Waals surface area contributed by atoms with Gasteiger partial charge in [0, 0.05) is 19.0 Å². The third-order valence-corrected chi connectivity index (χ3v) is 6.95. The Morgan fingerprint density at radius 3 is 2.63 bits per heavy atom. The molecule has 3 heterocycles. The number of amides is 1. The molecule has 0 spiro atoms. The van der Waals surface area contributed by atoms with Crippen LogP contribution in [0.4, 0.5) is 13.9 Å². The fourth-order valence-corrected chi connectivity index (χ4v) is 4.82. The van der Waals surface area contributed by atoms with Crippen molar-refractivity contribution in [2.45, 2.75) is 31.3 Å². The average molecular weight is 464 g/mol. The third kappa shape index (κ3) is 4.82. The van der Waals surface area contributed by atoms with Gasteiger partial charge in [-0.15, -0.1) is 10.2 Å². The second kappa shape index (κ2) is 9.14. The zero-order chi connectivity index (χ0) is 21.9. The summed E-state index contributed by atoms with van der Waals surface area (Å²) in [5.41, 5.74) is 0. The topological polar surface area (TPSA) is 132 Å². The quantitative estimate of drug-likeness (QED) is 0.618. The molecule has 0 aliphatic carbocycles. The minimum Gasteiger partial charge on any atom is -0.460 e. The molecule has 2 aromatic heterocycles. The van der Waals surface area contributed by atoms with Gasteiger partial charge in [-0.25, -0.2) is 22.0 Å². The second-order valence-corrected chi connectivity index (χ2v) is 9.13. The molecule has 2 aromatic rings. The molecular formula is C16H18F2N4O6S2. The number of hydrogen-bond donors (Lipinski definition) is 1. The Bertz CT molecular complexity index is 1010. The summed E-state index contributed by atoms with van der Waals surface area (Å²) in [6, 6.07) is 2.40. The van der Waals surface area contributed by atoms with Crippen molar-refractivity contribution < 1.29 is 35.9 Å². The predicted molar refractivity (Wildman–Crippen MR) is 99.6 cm³/mol. The van der Waals surface area contributed by atoms with Crippen molar-refractivity contribution in [3.05, 3.63) is 22.9 Å². The Balaban J connectivity index is 1.58. The number of piperidine rings is 1. The number of sulfonamides is 1. The van der Waals surface area contributed by atoms with Crippen LogP contribution in [0.1, 0.15) is 41.8 Å². The molecule has 1 fully saturated rings. The first-order valence-electron chi connectivity index (χ1n) is 8.92. The number of alkyl halides is 2. The average Bonchev–Trinajstić information content (AvgIpc) is 3.38. The van der Waals surface area contributed by atoms with Crippen molar-refractivity contribution in [2.75, 3.05) is 25.0 Å². The largest absolute Gasteiger partial charge is 0.460 e. The summed E-state index contributed by atoms with van der Waals surface area (Å²) in [6.45, 7) is 1.84. The number of carbonyl (C=O) groups excluding carboxylic acids is 2. The third-order valence-electron chi connectivity index (χ3n) is 4.33. The molecule has 164 valence electrons. The first kappa shape index (κ1) is 22.2. The second-order valence-electron chi connectivity index (χ2n) is 6.25. The molecular weight excluding hydrogens is 446 g/mol. The van der Waals surface area contributed by atoms with Gasteiger partial charge >= 0.3 is 5.97 Å². The van der Waals surface area contributed by atoms with Crippen LogP contribution in [-0.2, 0) is 19.6 Å². The number of aromatic nitrogens is 2. The van der Waals surface area contributed by atoms with Gasteiger partial charge in [0.25, 0.3) is 16.4 Å². The van der Waals surface area contributed by atoms with E-state index in [-0.39, 0.29) is 48.5 Å². The molecule has 1 saturated heterocycles. The fraction of sp³-hybridized carbons (Fsp3) is 0.500. The van der Waals surface area contributed by atoms with E-state index in [0.717, 1.165) is 4.31 Å². The number of halogens is 2. The van der Waals surface area contributed by atoms with Crippen LogP contribution in [0.3, 0.4) is 0 Å². The SMILES string of the molecule is CCOC(=O)c1ccc(S(=O)(=O)N2CCC(C(=O)Nc3nnc(C(F)F)s3)CC2)o1. The number of rotatable bonds is 7. The lowest BCUT2D eigenvalue weighted by Gasteiger charge is -2.29. The van der Waals surface area contributed by atoms with Crippen LogP contribution in [0.15, 0.2) is 21.6 Å². The van der Waals surface area contributed by atoms with Gasteiger partial charge in [0.2, 0.25) is 21.9 Å². The molecule has 0 radical (unpaired) electrons. The number of esters is 1. The van der Waals surface area contributed by atoms with E-state index in [1.807, 2.05) is 0 Å². The van der Waals surface area contributed by atoms with Crippen LogP contribution in [0.2, 0.25) is 0 Å². The predicted octanol–water partition coefficient (Wildman–Crippen LogP) is 2.28. The van der Waals surface area contributed by atoms with E-state index in [4.69, 9.17) is 9.15 Å². The summed E-state index contributed by atoms with van der Waals surface area (Å²) in [6.07, 6.45) is -2.33. The fourth-order valence-electron chi connectivity index (χ4n) is 2.84. The van der Waals surface area contributed by atoms with Gasteiger partial charge in [-0.2, -0.15) is 4.31 Å². The summed E-state index contributed by atoms with van der Waals surface area (Å²) in [4.78, 5) is 24.0. The maximum absolute atomic E-state index is 12.7. The molecule has 0 saturated carbocycles. The maximum atomic E-state index is 12.7. The zero-order valence-electron chi connectivity index (χ0n) is 15.7. The van der Waals surface area contributed by atoms with Crippen LogP contribution >= 0.6 is 11.3 Å². The summed E-state index contributed by atoms with van der Waals surface area (Å²) >= 11 is 0.583. The van der Waals surface area contributed by atoms with Crippen molar-refractivity contribution in [1.82, 2.24) is 14.5 Å². The summed E-state index contributed by atoms with van der Waals surface area (Å²) in [5, 5.41) is 8.31. The first-order chi connectivity index (χ1) is 14.2. The van der Waals surface area contributed by atoms with Gasteiger partial charge in [-0.3, -0.25) is 4.79 Å². The van der Waals surface area contributed by atoms with Crippen molar-refractivity contribution in [3.8, 4) is 0 Å². The number of carbonyl (C=O) groups is 2. The van der Waals surface area contributed by atoms with E-state index in [0.29, 0.717) is 11.3 Å². The number of nitrogens with one attached hydrogen (secondary N) is 1. The molecule has 0 atom stereocenters. The molecule has 10 nitrogen and oxygen atoms in total. The minimum absolute atomic E-state index is 0.0348. The highest BCUT2D eigenvalue weighted by Gasteiger charge is 2.34. The number of hydrogen-bond acceptors (Lipinski definition) is 9. The molecule has 1 N–H and O–H groups in total. The van der Waals surface area contributed by atoms with E-state index in [1.165, 1.54) is 12.1 Å². The lowest BCUT2D eigenvalue weighted by Crippen LogP contribution is -2.41. The van der Waals surface area contributed by atoms with E-state index in [2.05, 4.69) is 15.5 Å². The molecule has 0 bridgehead atoms. The van der Waals surface area contributed by atoms with Gasteiger partial charge in [-0.05, 0) is 31.9 Å². The highest BCUT2D eigenvalue weighted by molar-refractivity contribution is 7.89. The highest BCUT2D eigenvalue weighted by Crippen LogP contribution is 2.28. The molecule has 14 heteroatoms. The summed E-state index contributed by atoms with van der Waals surface area (Å²) < 4.78 is 61.6. The molecule has 0 unspecified atom stereocenters. The molecule has 30 heavy (non-hydrogen) atoms. The van der Waals surface area contributed by atoms with E-state index in [9.17, 15) is 26.8 Å². The highest BCUT2D eigenvalue weighted by atomic mass is 32.2. The van der Waals surface area contributed by atoms with Crippen molar-refractivity contribution in [1.29, 1.82) is 0 Å². The molecule has 1 amide bonds. The van der Waals surface area contributed by atoms with Crippen LogP contribution in [-0.4, -0.2) is 54.5 Å².